The lowest BCUT2D eigenvalue weighted by Gasteiger charge is -2.22. The van der Waals surface area contributed by atoms with E-state index in [-0.39, 0.29) is 6.04 Å². The van der Waals surface area contributed by atoms with Crippen LogP contribution in [0.15, 0.2) is 22.7 Å². The number of rotatable bonds is 4. The molecule has 3 rings (SSSR count). The number of ether oxygens (including phenoxy) is 2. The van der Waals surface area contributed by atoms with Gasteiger partial charge in [0, 0.05) is 24.6 Å². The number of nitrogens with zero attached hydrogens (tertiary/aromatic N) is 2. The van der Waals surface area contributed by atoms with Gasteiger partial charge >= 0.3 is 0 Å². The van der Waals surface area contributed by atoms with Crippen molar-refractivity contribution >= 4 is 0 Å². The first-order chi connectivity index (χ1) is 10.3. The summed E-state index contributed by atoms with van der Waals surface area (Å²) in [6.45, 7) is 4.30. The van der Waals surface area contributed by atoms with Gasteiger partial charge in [0.05, 0.1) is 20.3 Å². The summed E-state index contributed by atoms with van der Waals surface area (Å²) in [7, 11) is 1.66. The van der Waals surface area contributed by atoms with E-state index in [1.54, 1.807) is 7.11 Å². The lowest BCUT2D eigenvalue weighted by Crippen LogP contribution is -2.42. The molecule has 0 aliphatic carbocycles. The highest BCUT2D eigenvalue weighted by molar-refractivity contribution is 5.58. The fourth-order valence-electron chi connectivity index (χ4n) is 2.43. The van der Waals surface area contributed by atoms with Crippen molar-refractivity contribution < 1.29 is 14.0 Å². The van der Waals surface area contributed by atoms with E-state index in [2.05, 4.69) is 15.5 Å². The molecule has 1 saturated heterocycles. The number of morpholine rings is 1. The Kier molecular flexibility index (Phi) is 4.17. The van der Waals surface area contributed by atoms with E-state index in [1.807, 2.05) is 25.1 Å². The Balaban J connectivity index is 1.73. The number of aryl methyl sites for hydroxylation is 1. The average Bonchev–Trinajstić information content (AvgIpc) is 2.97. The third-order valence-electron chi connectivity index (χ3n) is 3.54. The van der Waals surface area contributed by atoms with Crippen molar-refractivity contribution in [1.29, 1.82) is 0 Å². The van der Waals surface area contributed by atoms with E-state index in [1.165, 1.54) is 0 Å². The van der Waals surface area contributed by atoms with Crippen molar-refractivity contribution in [3.63, 3.8) is 0 Å². The smallest absolute Gasteiger partial charge is 0.228 e. The lowest BCUT2D eigenvalue weighted by atomic mass is 10.1. The first-order valence-corrected chi connectivity index (χ1v) is 7.05. The van der Waals surface area contributed by atoms with Crippen LogP contribution in [0.5, 0.6) is 5.75 Å². The molecule has 1 aromatic heterocycles. The highest BCUT2D eigenvalue weighted by Crippen LogP contribution is 2.24. The van der Waals surface area contributed by atoms with Crippen molar-refractivity contribution in [2.75, 3.05) is 26.9 Å². The summed E-state index contributed by atoms with van der Waals surface area (Å²) in [5.41, 5.74) is 1.97. The van der Waals surface area contributed by atoms with Crippen LogP contribution in [-0.2, 0) is 11.2 Å². The van der Waals surface area contributed by atoms with Gasteiger partial charge in [0.15, 0.2) is 0 Å². The van der Waals surface area contributed by atoms with Crippen molar-refractivity contribution in [2.24, 2.45) is 0 Å². The van der Waals surface area contributed by atoms with Crippen LogP contribution in [0, 0.1) is 6.92 Å². The van der Waals surface area contributed by atoms with Crippen molar-refractivity contribution in [2.45, 2.75) is 19.4 Å². The molecule has 1 unspecified atom stereocenters. The maximum Gasteiger partial charge on any atom is 0.228 e. The number of methoxy groups -OCH3 is 1. The van der Waals surface area contributed by atoms with Crippen LogP contribution < -0.4 is 10.1 Å². The molecule has 2 heterocycles. The van der Waals surface area contributed by atoms with Gasteiger partial charge in [-0.05, 0) is 30.7 Å². The molecule has 0 bridgehead atoms. The molecule has 6 heteroatoms. The summed E-state index contributed by atoms with van der Waals surface area (Å²) in [6, 6.07) is 6.08. The normalized spacial score (nSPS) is 18.7. The standard InChI is InChI=1S/C15H19N3O3/c1-10-7-11(3-4-13(10)19-2)15-17-14(21-18-15)8-12-9-20-6-5-16-12/h3-4,7,12,16H,5-6,8-9H2,1-2H3. The monoisotopic (exact) mass is 289 g/mol. The molecule has 0 spiro atoms. The molecule has 1 atom stereocenters. The summed E-state index contributed by atoms with van der Waals surface area (Å²) >= 11 is 0. The van der Waals surface area contributed by atoms with Crippen molar-refractivity contribution in [3.05, 3.63) is 29.7 Å². The van der Waals surface area contributed by atoms with Gasteiger partial charge in [-0.3, -0.25) is 0 Å². The molecular formula is C15H19N3O3. The highest BCUT2D eigenvalue weighted by Gasteiger charge is 2.18. The van der Waals surface area contributed by atoms with E-state index >= 15 is 0 Å². The van der Waals surface area contributed by atoms with E-state index in [0.717, 1.165) is 30.0 Å². The summed E-state index contributed by atoms with van der Waals surface area (Å²) in [5, 5.41) is 7.42. The van der Waals surface area contributed by atoms with Gasteiger partial charge in [-0.15, -0.1) is 0 Å². The Morgan fingerprint density at radius 2 is 2.33 bits per heavy atom. The molecule has 6 nitrogen and oxygen atoms in total. The molecule has 1 N–H and O–H groups in total. The van der Waals surface area contributed by atoms with Crippen molar-refractivity contribution in [1.82, 2.24) is 15.5 Å². The van der Waals surface area contributed by atoms with Gasteiger partial charge in [0.25, 0.3) is 0 Å². The Labute approximate surface area is 123 Å². The number of hydrogen-bond acceptors (Lipinski definition) is 6. The second-order valence-corrected chi connectivity index (χ2v) is 5.13. The minimum atomic E-state index is 0.240. The Morgan fingerprint density at radius 3 is 3.05 bits per heavy atom. The molecule has 0 saturated carbocycles. The average molecular weight is 289 g/mol. The van der Waals surface area contributed by atoms with E-state index in [9.17, 15) is 0 Å². The quantitative estimate of drug-likeness (QED) is 0.921. The van der Waals surface area contributed by atoms with Crippen molar-refractivity contribution in [3.8, 4) is 17.1 Å². The van der Waals surface area contributed by atoms with E-state index in [0.29, 0.717) is 24.7 Å². The predicted molar refractivity (Wildman–Crippen MR) is 77.3 cm³/mol. The zero-order valence-electron chi connectivity index (χ0n) is 12.3. The molecule has 1 aliphatic rings. The molecule has 21 heavy (non-hydrogen) atoms. The second kappa shape index (κ2) is 6.24. The van der Waals surface area contributed by atoms with Gasteiger partial charge in [-0.1, -0.05) is 5.16 Å². The number of hydrogen-bond donors (Lipinski definition) is 1. The summed E-state index contributed by atoms with van der Waals surface area (Å²) in [5.74, 6) is 2.08. The zero-order valence-corrected chi connectivity index (χ0v) is 12.3. The predicted octanol–water partition coefficient (Wildman–Crippen LogP) is 1.58. The SMILES string of the molecule is COc1ccc(-c2noc(CC3COCCN3)n2)cc1C. The molecule has 1 fully saturated rings. The first-order valence-electron chi connectivity index (χ1n) is 7.05. The van der Waals surface area contributed by atoms with Gasteiger partial charge in [0.2, 0.25) is 11.7 Å². The van der Waals surface area contributed by atoms with E-state index in [4.69, 9.17) is 14.0 Å². The van der Waals surface area contributed by atoms with Crippen LogP contribution in [0.4, 0.5) is 0 Å². The van der Waals surface area contributed by atoms with Crippen LogP contribution in [0.3, 0.4) is 0 Å². The molecule has 0 radical (unpaired) electrons. The first kappa shape index (κ1) is 14.0. The molecular weight excluding hydrogens is 270 g/mol. The van der Waals surface area contributed by atoms with Gasteiger partial charge < -0.3 is 19.3 Å². The Bertz CT molecular complexity index is 606. The number of nitrogens with one attached hydrogen (secondary N) is 1. The third kappa shape index (κ3) is 3.22. The maximum absolute atomic E-state index is 5.42. The fourth-order valence-corrected chi connectivity index (χ4v) is 2.43. The lowest BCUT2D eigenvalue weighted by molar-refractivity contribution is 0.0744. The molecule has 0 amide bonds. The number of aromatic nitrogens is 2. The van der Waals surface area contributed by atoms with Crippen LogP contribution in [0.25, 0.3) is 11.4 Å². The second-order valence-electron chi connectivity index (χ2n) is 5.13. The molecule has 112 valence electrons. The highest BCUT2D eigenvalue weighted by atomic mass is 16.5. The minimum Gasteiger partial charge on any atom is -0.496 e. The molecule has 1 aromatic carbocycles. The molecule has 2 aromatic rings. The topological polar surface area (TPSA) is 69.4 Å². The summed E-state index contributed by atoms with van der Waals surface area (Å²) in [4.78, 5) is 4.46. The van der Waals surface area contributed by atoms with Gasteiger partial charge in [-0.2, -0.15) is 4.98 Å². The van der Waals surface area contributed by atoms with Crippen LogP contribution in [0.1, 0.15) is 11.5 Å². The van der Waals surface area contributed by atoms with E-state index < -0.39 is 0 Å². The Morgan fingerprint density at radius 1 is 1.43 bits per heavy atom. The Hall–Kier alpha value is -1.92. The fraction of sp³-hybridized carbons (Fsp3) is 0.467. The van der Waals surface area contributed by atoms with Crippen LogP contribution in [-0.4, -0.2) is 43.1 Å². The van der Waals surface area contributed by atoms with Gasteiger partial charge in [0.1, 0.15) is 5.75 Å². The zero-order chi connectivity index (χ0) is 14.7. The minimum absolute atomic E-state index is 0.240. The van der Waals surface area contributed by atoms with Crippen LogP contribution >= 0.6 is 0 Å². The number of benzene rings is 1. The largest absolute Gasteiger partial charge is 0.496 e. The third-order valence-corrected chi connectivity index (χ3v) is 3.54. The molecule has 1 aliphatic heterocycles. The van der Waals surface area contributed by atoms with Crippen LogP contribution in [0.2, 0.25) is 0 Å². The van der Waals surface area contributed by atoms with Gasteiger partial charge in [-0.25, -0.2) is 0 Å². The summed E-state index contributed by atoms with van der Waals surface area (Å²) in [6.07, 6.45) is 0.683. The maximum atomic E-state index is 5.42. The summed E-state index contributed by atoms with van der Waals surface area (Å²) < 4.78 is 16.0.